The topological polar surface area (TPSA) is 72.8 Å². The lowest BCUT2D eigenvalue weighted by molar-refractivity contribution is -0.161. The van der Waals surface area contributed by atoms with E-state index in [9.17, 15) is 14.7 Å². The number of allylic oxidation sites excluding steroid dienone is 20. The number of rotatable bonds is 34. The van der Waals surface area contributed by atoms with Gasteiger partial charge in [0.2, 0.25) is 0 Å². The fourth-order valence-electron chi connectivity index (χ4n) is 4.78. The van der Waals surface area contributed by atoms with Crippen molar-refractivity contribution in [3.63, 3.8) is 0 Å². The van der Waals surface area contributed by atoms with Gasteiger partial charge in [-0.05, 0) is 103 Å². The highest BCUT2D eigenvalue weighted by molar-refractivity contribution is 5.70. The lowest BCUT2D eigenvalue weighted by atomic mass is 10.1. The lowest BCUT2D eigenvalue weighted by Gasteiger charge is -2.15. The van der Waals surface area contributed by atoms with Gasteiger partial charge in [-0.1, -0.05) is 148 Å². The SMILES string of the molecule is CCC=CCC=CCC=CCC=CCC=CCCCCCC(=O)OCC(CO)OC(=O)CCCCCC=CCC=CCC=CCC=CCC=CCC. The predicted octanol–water partition coefficient (Wildman–Crippen LogP) is 12.8. The van der Waals surface area contributed by atoms with Gasteiger partial charge in [0.1, 0.15) is 6.61 Å². The van der Waals surface area contributed by atoms with Crippen molar-refractivity contribution in [3.8, 4) is 0 Å². The van der Waals surface area contributed by atoms with Crippen LogP contribution in [-0.2, 0) is 19.1 Å². The van der Waals surface area contributed by atoms with E-state index in [1.54, 1.807) is 0 Å². The van der Waals surface area contributed by atoms with Crippen molar-refractivity contribution in [2.45, 2.75) is 148 Å². The molecular formula is C47H72O5. The maximum Gasteiger partial charge on any atom is 0.306 e. The van der Waals surface area contributed by atoms with Gasteiger partial charge in [0.15, 0.2) is 6.10 Å². The second-order valence-corrected chi connectivity index (χ2v) is 12.6. The highest BCUT2D eigenvalue weighted by Gasteiger charge is 2.16. The zero-order valence-corrected chi connectivity index (χ0v) is 32.8. The van der Waals surface area contributed by atoms with E-state index in [0.29, 0.717) is 12.8 Å². The average molecular weight is 717 g/mol. The Kier molecular flexibility index (Phi) is 38.8. The Morgan fingerprint density at radius 2 is 0.769 bits per heavy atom. The Labute approximate surface area is 318 Å². The first-order valence-corrected chi connectivity index (χ1v) is 20.1. The molecule has 0 heterocycles. The number of aliphatic hydroxyl groups is 1. The summed E-state index contributed by atoms with van der Waals surface area (Å²) in [4.78, 5) is 24.3. The molecule has 1 unspecified atom stereocenters. The van der Waals surface area contributed by atoms with Crippen LogP contribution in [-0.4, -0.2) is 36.4 Å². The second-order valence-electron chi connectivity index (χ2n) is 12.6. The number of aliphatic hydroxyl groups excluding tert-OH is 1. The Morgan fingerprint density at radius 1 is 0.442 bits per heavy atom. The van der Waals surface area contributed by atoms with Crippen LogP contribution in [0.15, 0.2) is 122 Å². The summed E-state index contributed by atoms with van der Waals surface area (Å²) >= 11 is 0. The van der Waals surface area contributed by atoms with Crippen molar-refractivity contribution < 1.29 is 24.2 Å². The summed E-state index contributed by atoms with van der Waals surface area (Å²) in [6, 6.07) is 0. The molecule has 0 aliphatic rings. The quantitative estimate of drug-likeness (QED) is 0.0408. The maximum atomic E-state index is 12.2. The molecule has 1 atom stereocenters. The largest absolute Gasteiger partial charge is 0.462 e. The van der Waals surface area contributed by atoms with Crippen LogP contribution in [0.5, 0.6) is 0 Å². The summed E-state index contributed by atoms with van der Waals surface area (Å²) < 4.78 is 10.6. The average Bonchev–Trinajstić information content (AvgIpc) is 3.15. The Bertz CT molecular complexity index is 1130. The molecule has 0 aliphatic carbocycles. The van der Waals surface area contributed by atoms with Crippen LogP contribution >= 0.6 is 0 Å². The lowest BCUT2D eigenvalue weighted by Crippen LogP contribution is -2.28. The summed E-state index contributed by atoms with van der Waals surface area (Å²) in [6.45, 7) is 3.83. The van der Waals surface area contributed by atoms with Gasteiger partial charge in [-0.25, -0.2) is 0 Å². The third-order valence-electron chi connectivity index (χ3n) is 7.75. The van der Waals surface area contributed by atoms with Crippen LogP contribution in [0, 0.1) is 0 Å². The number of hydrogen-bond acceptors (Lipinski definition) is 5. The normalized spacial score (nSPS) is 13.5. The molecule has 0 bridgehead atoms. The molecule has 5 heteroatoms. The van der Waals surface area contributed by atoms with Crippen LogP contribution < -0.4 is 0 Å². The van der Waals surface area contributed by atoms with Gasteiger partial charge in [-0.15, -0.1) is 0 Å². The zero-order valence-electron chi connectivity index (χ0n) is 32.8. The van der Waals surface area contributed by atoms with Gasteiger partial charge in [0, 0.05) is 12.8 Å². The Hall–Kier alpha value is -3.70. The summed E-state index contributed by atoms with van der Waals surface area (Å²) in [5, 5.41) is 9.56. The van der Waals surface area contributed by atoms with Gasteiger partial charge in [-0.3, -0.25) is 9.59 Å². The molecule has 0 saturated carbocycles. The molecule has 0 saturated heterocycles. The van der Waals surface area contributed by atoms with Gasteiger partial charge in [0.25, 0.3) is 0 Å². The summed E-state index contributed by atoms with van der Waals surface area (Å²) in [5.74, 6) is -0.681. The Morgan fingerprint density at radius 3 is 1.12 bits per heavy atom. The summed E-state index contributed by atoms with van der Waals surface area (Å²) in [7, 11) is 0. The molecule has 1 N–H and O–H groups in total. The van der Waals surface area contributed by atoms with Crippen LogP contribution in [0.25, 0.3) is 0 Å². The molecular weight excluding hydrogens is 645 g/mol. The zero-order chi connectivity index (χ0) is 37.8. The minimum atomic E-state index is -0.812. The molecule has 290 valence electrons. The molecule has 0 spiro atoms. The van der Waals surface area contributed by atoms with Crippen molar-refractivity contribution in [1.29, 1.82) is 0 Å². The molecule has 0 aromatic heterocycles. The van der Waals surface area contributed by atoms with Crippen molar-refractivity contribution in [3.05, 3.63) is 122 Å². The highest BCUT2D eigenvalue weighted by atomic mass is 16.6. The first kappa shape index (κ1) is 48.3. The first-order chi connectivity index (χ1) is 25.6. The van der Waals surface area contributed by atoms with Gasteiger partial charge in [-0.2, -0.15) is 0 Å². The van der Waals surface area contributed by atoms with E-state index in [4.69, 9.17) is 9.47 Å². The predicted molar refractivity (Wildman–Crippen MR) is 223 cm³/mol. The monoisotopic (exact) mass is 717 g/mol. The van der Waals surface area contributed by atoms with Gasteiger partial charge in [0.05, 0.1) is 6.61 Å². The number of carbonyl (C=O) groups is 2. The summed E-state index contributed by atoms with van der Waals surface area (Å²) in [5.41, 5.74) is 0. The third-order valence-corrected chi connectivity index (χ3v) is 7.75. The minimum absolute atomic E-state index is 0.106. The van der Waals surface area contributed by atoms with E-state index >= 15 is 0 Å². The van der Waals surface area contributed by atoms with Gasteiger partial charge < -0.3 is 14.6 Å². The minimum Gasteiger partial charge on any atom is -0.462 e. The van der Waals surface area contributed by atoms with E-state index in [1.807, 2.05) is 0 Å². The summed E-state index contributed by atoms with van der Waals surface area (Å²) in [6.07, 6.45) is 61.1. The standard InChI is InChI=1S/C47H72O5/c1-3-5-7-9-11-13-15-17-19-21-23-25-27-29-31-33-35-37-39-41-46(49)51-44-45(43-48)52-47(50)42-40-38-36-34-32-30-28-26-24-22-20-18-16-14-12-10-8-6-4-2/h5-8,11-14,17-20,23-26,29-32,45,48H,3-4,9-10,15-16,21-22,27-28,33-44H2,1-2H3. The van der Waals surface area contributed by atoms with Crippen LogP contribution in [0.4, 0.5) is 0 Å². The second kappa shape index (κ2) is 41.7. The van der Waals surface area contributed by atoms with Crippen molar-refractivity contribution in [2.75, 3.05) is 13.2 Å². The number of unbranched alkanes of at least 4 members (excludes halogenated alkanes) is 6. The molecule has 0 aromatic carbocycles. The number of ether oxygens (including phenoxy) is 2. The van der Waals surface area contributed by atoms with E-state index in [2.05, 4.69) is 135 Å². The Balaban J connectivity index is 3.75. The number of hydrogen-bond donors (Lipinski definition) is 1. The van der Waals surface area contributed by atoms with E-state index in [1.165, 1.54) is 0 Å². The highest BCUT2D eigenvalue weighted by Crippen LogP contribution is 2.09. The maximum absolute atomic E-state index is 12.2. The third kappa shape index (κ3) is 39.1. The molecule has 0 radical (unpaired) electrons. The molecule has 52 heavy (non-hydrogen) atoms. The fraction of sp³-hybridized carbons (Fsp3) is 0.532. The van der Waals surface area contributed by atoms with Crippen LogP contribution in [0.3, 0.4) is 0 Å². The molecule has 5 nitrogen and oxygen atoms in total. The molecule has 0 aliphatic heterocycles. The van der Waals surface area contributed by atoms with E-state index in [0.717, 1.165) is 116 Å². The molecule has 0 rings (SSSR count). The molecule has 0 amide bonds. The molecule has 0 aromatic rings. The van der Waals surface area contributed by atoms with E-state index < -0.39 is 6.10 Å². The smallest absolute Gasteiger partial charge is 0.306 e. The van der Waals surface area contributed by atoms with Crippen molar-refractivity contribution in [2.24, 2.45) is 0 Å². The fourth-order valence-corrected chi connectivity index (χ4v) is 4.78. The van der Waals surface area contributed by atoms with Crippen molar-refractivity contribution in [1.82, 2.24) is 0 Å². The van der Waals surface area contributed by atoms with Crippen LogP contribution in [0.2, 0.25) is 0 Å². The van der Waals surface area contributed by atoms with Gasteiger partial charge >= 0.3 is 11.9 Å². The number of carbonyl (C=O) groups excluding carboxylic acids is 2. The molecule has 0 fully saturated rings. The van der Waals surface area contributed by atoms with Crippen molar-refractivity contribution >= 4 is 11.9 Å². The first-order valence-electron chi connectivity index (χ1n) is 20.1. The van der Waals surface area contributed by atoms with Crippen LogP contribution in [0.1, 0.15) is 142 Å². The van der Waals surface area contributed by atoms with E-state index in [-0.39, 0.29) is 25.2 Å². The number of esters is 2.